The number of fused-ring (bicyclic) bond motifs is 8. The molecular formula is C51H48BN2O. The lowest BCUT2D eigenvalue weighted by Crippen LogP contribution is -2.36. The number of anilines is 2. The average Bonchev–Trinajstić information content (AvgIpc) is 3.74. The molecule has 0 atom stereocenters. The molecule has 0 amide bonds. The van der Waals surface area contributed by atoms with Gasteiger partial charge in [0.1, 0.15) is 5.58 Å². The normalized spacial score (nSPS) is 15.2. The van der Waals surface area contributed by atoms with Crippen LogP contribution in [0.15, 0.2) is 126 Å². The fraction of sp³-hybridized carbons (Fsp3) is 0.255. The maximum Gasteiger partial charge on any atom is 0.247 e. The Labute approximate surface area is 325 Å². The molecule has 0 fully saturated rings. The number of aromatic nitrogens is 1. The highest BCUT2D eigenvalue weighted by Crippen LogP contribution is 2.49. The Bertz CT molecular complexity index is 2770. The van der Waals surface area contributed by atoms with Gasteiger partial charge in [0.2, 0.25) is 7.28 Å². The molecule has 0 bridgehead atoms. The number of nitrogens with zero attached hydrogens (tertiary/aromatic N) is 1. The number of para-hydroxylation sites is 2. The third-order valence-electron chi connectivity index (χ3n) is 12.7. The first-order chi connectivity index (χ1) is 26.7. The molecule has 0 saturated carbocycles. The maximum absolute atomic E-state index is 7.01. The van der Waals surface area contributed by atoms with Crippen molar-refractivity contribution in [1.82, 2.24) is 4.57 Å². The van der Waals surface area contributed by atoms with E-state index in [-0.39, 0.29) is 10.8 Å². The van der Waals surface area contributed by atoms with E-state index in [1.54, 1.807) is 0 Å². The van der Waals surface area contributed by atoms with Crippen molar-refractivity contribution in [3.63, 3.8) is 0 Å². The zero-order chi connectivity index (χ0) is 37.5. The lowest BCUT2D eigenvalue weighted by Gasteiger charge is -2.41. The van der Waals surface area contributed by atoms with E-state index >= 15 is 0 Å². The first kappa shape index (κ1) is 34.0. The quantitative estimate of drug-likeness (QED) is 0.125. The number of furan rings is 1. The summed E-state index contributed by atoms with van der Waals surface area (Å²) < 4.78 is 9.54. The first-order valence-electron chi connectivity index (χ1n) is 20.3. The van der Waals surface area contributed by atoms with E-state index in [9.17, 15) is 0 Å². The predicted octanol–water partition coefficient (Wildman–Crippen LogP) is 12.7. The van der Waals surface area contributed by atoms with Gasteiger partial charge >= 0.3 is 0 Å². The third-order valence-corrected chi connectivity index (χ3v) is 12.7. The van der Waals surface area contributed by atoms with E-state index in [1.807, 2.05) is 0 Å². The maximum atomic E-state index is 7.01. The summed E-state index contributed by atoms with van der Waals surface area (Å²) in [5.74, 6) is 0. The molecule has 0 unspecified atom stereocenters. The van der Waals surface area contributed by atoms with Crippen LogP contribution in [-0.4, -0.2) is 11.8 Å². The van der Waals surface area contributed by atoms with Crippen LogP contribution in [0, 0.1) is 0 Å². The van der Waals surface area contributed by atoms with E-state index in [1.165, 1.54) is 98.1 Å². The molecule has 3 nitrogen and oxygen atoms in total. The number of hydrogen-bond donors (Lipinski definition) is 1. The molecule has 2 aromatic heterocycles. The standard InChI is InChI=1S/C51H48BN2O/c1-6-7-9-16-32-23-25-34(26-24-32)53-42-21-14-12-19-35(42)38-29-37(33-17-10-8-11-18-33)45-36-20-13-15-22-43(36)54-47-39-30-40-41(51(4,5)28-27-50(40,2)3)31-44(39)55-49(47)52-46(38)48(45)54/h8,10-15,17-26,29-31,53H,6-7,9,16,27-28H2,1-5H3. The van der Waals surface area contributed by atoms with Crippen molar-refractivity contribution in [3.8, 4) is 27.9 Å². The molecule has 1 N–H and O–H groups in total. The summed E-state index contributed by atoms with van der Waals surface area (Å²) in [7, 11) is 2.33. The summed E-state index contributed by atoms with van der Waals surface area (Å²) >= 11 is 0. The Kier molecular flexibility index (Phi) is 7.93. The summed E-state index contributed by atoms with van der Waals surface area (Å²) in [5, 5.41) is 7.55. The van der Waals surface area contributed by atoms with Gasteiger partial charge < -0.3 is 14.3 Å². The fourth-order valence-electron chi connectivity index (χ4n) is 9.57. The number of unbranched alkanes of at least 4 members (excludes halogenated alkanes) is 2. The van der Waals surface area contributed by atoms with E-state index in [4.69, 9.17) is 4.42 Å². The van der Waals surface area contributed by atoms with Crippen molar-refractivity contribution < 1.29 is 4.42 Å². The highest BCUT2D eigenvalue weighted by molar-refractivity contribution is 6.73. The van der Waals surface area contributed by atoms with Gasteiger partial charge in [-0.05, 0) is 118 Å². The summed E-state index contributed by atoms with van der Waals surface area (Å²) in [5.41, 5.74) is 18.1. The highest BCUT2D eigenvalue weighted by Gasteiger charge is 2.39. The van der Waals surface area contributed by atoms with E-state index in [0.717, 1.165) is 40.3 Å². The topological polar surface area (TPSA) is 30.1 Å². The minimum atomic E-state index is 0.0906. The number of hydrogen-bond acceptors (Lipinski definition) is 2. The van der Waals surface area contributed by atoms with Crippen LogP contribution in [0.1, 0.15) is 83.4 Å². The van der Waals surface area contributed by atoms with Crippen LogP contribution < -0.4 is 16.4 Å². The second-order valence-corrected chi connectivity index (χ2v) is 17.3. The van der Waals surface area contributed by atoms with Gasteiger partial charge in [0.15, 0.2) is 0 Å². The molecular weight excluding hydrogens is 667 g/mol. The summed E-state index contributed by atoms with van der Waals surface area (Å²) in [6.07, 6.45) is 7.22. The number of rotatable bonds is 8. The summed E-state index contributed by atoms with van der Waals surface area (Å²) in [4.78, 5) is 0. The van der Waals surface area contributed by atoms with Gasteiger partial charge in [-0.1, -0.05) is 126 Å². The van der Waals surface area contributed by atoms with Crippen LogP contribution in [0.4, 0.5) is 11.4 Å². The highest BCUT2D eigenvalue weighted by atomic mass is 16.3. The Morgan fingerprint density at radius 1 is 0.691 bits per heavy atom. The fourth-order valence-corrected chi connectivity index (χ4v) is 9.57. The van der Waals surface area contributed by atoms with Crippen LogP contribution >= 0.6 is 0 Å². The lowest BCUT2D eigenvalue weighted by atomic mass is 9.61. The predicted molar refractivity (Wildman–Crippen MR) is 235 cm³/mol. The molecule has 10 rings (SSSR count). The second-order valence-electron chi connectivity index (χ2n) is 17.3. The van der Waals surface area contributed by atoms with Crippen molar-refractivity contribution >= 4 is 62.6 Å². The molecule has 8 aromatic rings. The van der Waals surface area contributed by atoms with Gasteiger partial charge in [-0.3, -0.25) is 0 Å². The van der Waals surface area contributed by atoms with Gasteiger partial charge in [0, 0.05) is 38.6 Å². The molecule has 6 aromatic carbocycles. The number of aryl methyl sites for hydroxylation is 1. The Morgan fingerprint density at radius 3 is 2.18 bits per heavy atom. The molecule has 1 radical (unpaired) electrons. The molecule has 271 valence electrons. The lowest BCUT2D eigenvalue weighted by molar-refractivity contribution is 0.332. The van der Waals surface area contributed by atoms with Crippen molar-refractivity contribution in [1.29, 1.82) is 0 Å². The van der Waals surface area contributed by atoms with Crippen molar-refractivity contribution in [2.75, 3.05) is 5.32 Å². The smallest absolute Gasteiger partial charge is 0.247 e. The molecule has 1 aliphatic carbocycles. The summed E-state index contributed by atoms with van der Waals surface area (Å²) in [6.45, 7) is 11.9. The monoisotopic (exact) mass is 715 g/mol. The van der Waals surface area contributed by atoms with Crippen molar-refractivity contribution in [3.05, 3.63) is 138 Å². The van der Waals surface area contributed by atoms with Crippen LogP contribution in [0.25, 0.3) is 60.7 Å². The van der Waals surface area contributed by atoms with E-state index in [2.05, 4.69) is 173 Å². The molecule has 4 heteroatoms. The Balaban J connectivity index is 1.23. The zero-order valence-corrected chi connectivity index (χ0v) is 32.7. The molecule has 0 spiro atoms. The van der Waals surface area contributed by atoms with Crippen LogP contribution in [0.3, 0.4) is 0 Å². The second kappa shape index (κ2) is 12.8. The third kappa shape index (κ3) is 5.47. The SMILES string of the molecule is CCCCCc1ccc(Nc2ccccc2-c2cc(-c3ccccc3)c3c4ccccc4n4c3c2[B]c2oc3cc5c(cc3c2-4)C(C)(C)CCC5(C)C)cc1. The van der Waals surface area contributed by atoms with Gasteiger partial charge in [0.05, 0.1) is 16.9 Å². The average molecular weight is 716 g/mol. The van der Waals surface area contributed by atoms with Crippen molar-refractivity contribution in [2.45, 2.75) is 84.0 Å². The van der Waals surface area contributed by atoms with Gasteiger partial charge in [-0.2, -0.15) is 0 Å². The molecule has 55 heavy (non-hydrogen) atoms. The van der Waals surface area contributed by atoms with Crippen molar-refractivity contribution in [2.24, 2.45) is 0 Å². The minimum Gasteiger partial charge on any atom is -0.469 e. The first-order valence-corrected chi connectivity index (χ1v) is 20.3. The largest absolute Gasteiger partial charge is 0.469 e. The number of benzene rings is 6. The van der Waals surface area contributed by atoms with Gasteiger partial charge in [0.25, 0.3) is 0 Å². The molecule has 0 saturated heterocycles. The summed E-state index contributed by atoms with van der Waals surface area (Å²) in [6, 6.07) is 44.9. The Hall–Kier alpha value is -5.48. The molecule has 1 aliphatic heterocycles. The van der Waals surface area contributed by atoms with Crippen LogP contribution in [0.2, 0.25) is 0 Å². The molecule has 2 aliphatic rings. The molecule has 3 heterocycles. The van der Waals surface area contributed by atoms with E-state index < -0.39 is 0 Å². The van der Waals surface area contributed by atoms with Gasteiger partial charge in [-0.25, -0.2) is 0 Å². The van der Waals surface area contributed by atoms with Crippen LogP contribution in [0.5, 0.6) is 0 Å². The van der Waals surface area contributed by atoms with E-state index in [0.29, 0.717) is 0 Å². The Morgan fingerprint density at radius 2 is 1.40 bits per heavy atom. The zero-order valence-electron chi connectivity index (χ0n) is 32.7. The van der Waals surface area contributed by atoms with Gasteiger partial charge in [-0.15, -0.1) is 0 Å². The minimum absolute atomic E-state index is 0.0906. The van der Waals surface area contributed by atoms with Crippen LogP contribution in [-0.2, 0) is 17.3 Å². The number of nitrogens with one attached hydrogen (secondary N) is 1.